The highest BCUT2D eigenvalue weighted by Gasteiger charge is 2.03. The standard InChI is InChI=1S/C7H8N2O2.C7H8N2O.C7H7NO2.C6H8N2/c8-5-2-1-4(7(10)11)3-6(5)9;8-6-4-2-1-3-5(6)7(9)10;8-6-3-1-5(2-4-6)7(9)10;7-5-3-1-2-4-6(5)8/h1-3H,8-9H2,(H,10,11);1-4H,8H2,(H2,9,10);1-4H,8H2,(H,9,10);1-4H,7-8H2. The van der Waals surface area contributed by atoms with Crippen LogP contribution in [0.4, 0.5) is 34.1 Å². The van der Waals surface area contributed by atoms with Gasteiger partial charge in [-0.15, -0.1) is 0 Å². The molecule has 0 radical (unpaired) electrons. The van der Waals surface area contributed by atoms with Gasteiger partial charge in [-0.2, -0.15) is 0 Å². The first-order valence-corrected chi connectivity index (χ1v) is 11.0. The predicted octanol–water partition coefficient (Wildman–Crippen LogP) is 2.73. The summed E-state index contributed by atoms with van der Waals surface area (Å²) in [6.45, 7) is 0. The quantitative estimate of drug-likeness (QED) is 0.173. The van der Waals surface area contributed by atoms with Crippen LogP contribution in [0.3, 0.4) is 0 Å². The van der Waals surface area contributed by atoms with Crippen molar-refractivity contribution < 1.29 is 24.6 Å². The average Bonchev–Trinajstić information content (AvgIpc) is 2.89. The van der Waals surface area contributed by atoms with E-state index in [1.165, 1.54) is 30.3 Å². The highest BCUT2D eigenvalue weighted by Crippen LogP contribution is 2.15. The van der Waals surface area contributed by atoms with Crippen LogP contribution in [-0.2, 0) is 0 Å². The molecule has 16 N–H and O–H groups in total. The number of hydrogen-bond acceptors (Lipinski definition) is 9. The molecular weight excluding hydrogens is 502 g/mol. The number of primary amides is 1. The minimum atomic E-state index is -1.00. The molecule has 0 aromatic heterocycles. The van der Waals surface area contributed by atoms with E-state index in [9.17, 15) is 14.4 Å². The number of nitrogens with two attached hydrogens (primary N) is 7. The number of carbonyl (C=O) groups excluding carboxylic acids is 1. The summed E-state index contributed by atoms with van der Waals surface area (Å²) < 4.78 is 0. The van der Waals surface area contributed by atoms with Crippen LogP contribution in [-0.4, -0.2) is 28.1 Å². The molecule has 12 nitrogen and oxygen atoms in total. The molecule has 0 aliphatic carbocycles. The number of carboxylic acids is 2. The number of carbonyl (C=O) groups is 3. The lowest BCUT2D eigenvalue weighted by Crippen LogP contribution is -2.12. The Labute approximate surface area is 224 Å². The van der Waals surface area contributed by atoms with E-state index in [0.717, 1.165) is 0 Å². The summed E-state index contributed by atoms with van der Waals surface area (Å²) in [6.07, 6.45) is 0. The Bertz CT molecular complexity index is 1390. The lowest BCUT2D eigenvalue weighted by molar-refractivity contribution is 0.0686. The van der Waals surface area contributed by atoms with Crippen molar-refractivity contribution in [2.45, 2.75) is 0 Å². The van der Waals surface area contributed by atoms with Gasteiger partial charge in [-0.25, -0.2) is 9.59 Å². The summed E-state index contributed by atoms with van der Waals surface area (Å²) >= 11 is 0. The molecule has 4 aromatic rings. The van der Waals surface area contributed by atoms with Gasteiger partial charge in [0.2, 0.25) is 0 Å². The van der Waals surface area contributed by atoms with Crippen molar-refractivity contribution in [3.8, 4) is 0 Å². The molecule has 12 heteroatoms. The summed E-state index contributed by atoms with van der Waals surface area (Å²) in [5.41, 5.74) is 41.1. The number of anilines is 6. The zero-order valence-corrected chi connectivity index (χ0v) is 20.8. The number of rotatable bonds is 3. The SMILES string of the molecule is NC(=O)c1ccccc1N.Nc1ccc(C(=O)O)cc1.Nc1ccc(C(=O)O)cc1N.Nc1ccccc1N. The molecule has 0 saturated carbocycles. The van der Waals surface area contributed by atoms with Crippen LogP contribution in [0.5, 0.6) is 0 Å². The second-order valence-electron chi connectivity index (χ2n) is 7.66. The van der Waals surface area contributed by atoms with E-state index in [1.807, 2.05) is 12.1 Å². The molecule has 4 aromatic carbocycles. The maximum absolute atomic E-state index is 10.6. The third-order valence-electron chi connectivity index (χ3n) is 4.71. The van der Waals surface area contributed by atoms with Gasteiger partial charge in [0, 0.05) is 11.4 Å². The maximum Gasteiger partial charge on any atom is 0.335 e. The van der Waals surface area contributed by atoms with E-state index >= 15 is 0 Å². The van der Waals surface area contributed by atoms with Gasteiger partial charge in [0.15, 0.2) is 0 Å². The predicted molar refractivity (Wildman–Crippen MR) is 155 cm³/mol. The fraction of sp³-hybridized carbons (Fsp3) is 0. The van der Waals surface area contributed by atoms with Gasteiger partial charge in [-0.1, -0.05) is 24.3 Å². The van der Waals surface area contributed by atoms with Gasteiger partial charge in [-0.3, -0.25) is 4.79 Å². The molecule has 0 spiro atoms. The number of nitrogen functional groups attached to an aromatic ring is 6. The number of carboxylic acid groups (broad SMARTS) is 2. The first kappa shape index (κ1) is 31.1. The Morgan fingerprint density at radius 2 is 0.897 bits per heavy atom. The fourth-order valence-electron chi connectivity index (χ4n) is 2.57. The first-order valence-electron chi connectivity index (χ1n) is 11.0. The molecule has 1 amide bonds. The van der Waals surface area contributed by atoms with Gasteiger partial charge in [0.1, 0.15) is 0 Å². The fourth-order valence-corrected chi connectivity index (χ4v) is 2.57. The Hall–Kier alpha value is -5.91. The molecule has 0 unspecified atom stereocenters. The van der Waals surface area contributed by atoms with E-state index in [1.54, 1.807) is 48.5 Å². The van der Waals surface area contributed by atoms with E-state index in [4.69, 9.17) is 50.3 Å². The van der Waals surface area contributed by atoms with Crippen molar-refractivity contribution in [1.82, 2.24) is 0 Å². The Morgan fingerprint density at radius 3 is 1.26 bits per heavy atom. The summed E-state index contributed by atoms with van der Waals surface area (Å²) in [5.74, 6) is -2.42. The van der Waals surface area contributed by atoms with Crippen molar-refractivity contribution >= 4 is 52.0 Å². The van der Waals surface area contributed by atoms with Crippen molar-refractivity contribution in [3.05, 3.63) is 108 Å². The van der Waals surface area contributed by atoms with Crippen molar-refractivity contribution in [1.29, 1.82) is 0 Å². The minimum Gasteiger partial charge on any atom is -0.478 e. The van der Waals surface area contributed by atoms with Crippen LogP contribution < -0.4 is 40.1 Å². The minimum absolute atomic E-state index is 0.150. The molecule has 0 bridgehead atoms. The number of benzene rings is 4. The Kier molecular flexibility index (Phi) is 12.2. The van der Waals surface area contributed by atoms with E-state index in [2.05, 4.69) is 0 Å². The molecule has 0 atom stereocenters. The lowest BCUT2D eigenvalue weighted by Gasteiger charge is -1.99. The second kappa shape index (κ2) is 15.3. The monoisotopic (exact) mass is 533 g/mol. The smallest absolute Gasteiger partial charge is 0.335 e. The number of aromatic carboxylic acids is 2. The third-order valence-corrected chi connectivity index (χ3v) is 4.71. The van der Waals surface area contributed by atoms with Crippen LogP contribution in [0.2, 0.25) is 0 Å². The first-order chi connectivity index (χ1) is 18.3. The summed E-state index contributed by atoms with van der Waals surface area (Å²) in [6, 6.07) is 24.2. The van der Waals surface area contributed by atoms with Gasteiger partial charge in [-0.05, 0) is 66.7 Å². The molecule has 4 rings (SSSR count). The average molecular weight is 534 g/mol. The molecule has 0 fully saturated rings. The van der Waals surface area contributed by atoms with Crippen LogP contribution in [0, 0.1) is 0 Å². The van der Waals surface area contributed by atoms with Crippen LogP contribution in [0.25, 0.3) is 0 Å². The number of para-hydroxylation sites is 3. The zero-order chi connectivity index (χ0) is 29.5. The van der Waals surface area contributed by atoms with E-state index < -0.39 is 17.8 Å². The zero-order valence-electron chi connectivity index (χ0n) is 20.8. The third kappa shape index (κ3) is 11.1. The van der Waals surface area contributed by atoms with Crippen molar-refractivity contribution in [2.75, 3.05) is 34.4 Å². The maximum atomic E-state index is 10.6. The lowest BCUT2D eigenvalue weighted by atomic mass is 10.2. The van der Waals surface area contributed by atoms with Gasteiger partial charge < -0.3 is 50.3 Å². The molecule has 0 aliphatic rings. The molecular formula is C27H31N7O5. The molecule has 0 aliphatic heterocycles. The number of amides is 1. The van der Waals surface area contributed by atoms with Crippen molar-refractivity contribution in [2.24, 2.45) is 5.73 Å². The van der Waals surface area contributed by atoms with Gasteiger partial charge >= 0.3 is 11.9 Å². The Morgan fingerprint density at radius 1 is 0.487 bits per heavy atom. The van der Waals surface area contributed by atoms with Crippen LogP contribution >= 0.6 is 0 Å². The van der Waals surface area contributed by atoms with E-state index in [0.29, 0.717) is 39.7 Å². The van der Waals surface area contributed by atoms with Crippen LogP contribution in [0.15, 0.2) is 91.0 Å². The molecule has 0 saturated heterocycles. The summed E-state index contributed by atoms with van der Waals surface area (Å²) in [7, 11) is 0. The van der Waals surface area contributed by atoms with E-state index in [-0.39, 0.29) is 11.1 Å². The molecule has 204 valence electrons. The normalized spacial score (nSPS) is 9.23. The number of hydrogen-bond donors (Lipinski definition) is 9. The second-order valence-corrected chi connectivity index (χ2v) is 7.66. The van der Waals surface area contributed by atoms with Crippen LogP contribution in [0.1, 0.15) is 31.1 Å². The molecule has 39 heavy (non-hydrogen) atoms. The van der Waals surface area contributed by atoms with Gasteiger partial charge in [0.05, 0.1) is 39.4 Å². The topological polar surface area (TPSA) is 274 Å². The highest BCUT2D eigenvalue weighted by atomic mass is 16.4. The summed E-state index contributed by atoms with van der Waals surface area (Å²) in [5, 5.41) is 16.9. The highest BCUT2D eigenvalue weighted by molar-refractivity contribution is 5.97. The van der Waals surface area contributed by atoms with Crippen molar-refractivity contribution in [3.63, 3.8) is 0 Å². The largest absolute Gasteiger partial charge is 0.478 e. The van der Waals surface area contributed by atoms with Gasteiger partial charge in [0.25, 0.3) is 5.91 Å². The molecule has 0 heterocycles. The Balaban J connectivity index is 0.000000261. The summed E-state index contributed by atoms with van der Waals surface area (Å²) in [4.78, 5) is 31.2.